The number of imidazole rings is 1. The predicted molar refractivity (Wildman–Crippen MR) is 107 cm³/mol. The summed E-state index contributed by atoms with van der Waals surface area (Å²) in [6, 6.07) is 16.6. The predicted octanol–water partition coefficient (Wildman–Crippen LogP) is 3.65. The van der Waals surface area contributed by atoms with Gasteiger partial charge in [-0.25, -0.2) is 4.98 Å². The van der Waals surface area contributed by atoms with Crippen molar-refractivity contribution >= 4 is 11.0 Å². The van der Waals surface area contributed by atoms with Gasteiger partial charge < -0.3 is 14.0 Å². The first kappa shape index (κ1) is 18.0. The van der Waals surface area contributed by atoms with Gasteiger partial charge in [0.25, 0.3) is 0 Å². The van der Waals surface area contributed by atoms with Crippen LogP contribution in [0.4, 0.5) is 0 Å². The van der Waals surface area contributed by atoms with E-state index in [0.29, 0.717) is 6.61 Å². The Morgan fingerprint density at radius 3 is 2.67 bits per heavy atom. The van der Waals surface area contributed by atoms with Crippen LogP contribution in [0.1, 0.15) is 17.8 Å². The first-order valence-corrected chi connectivity index (χ1v) is 9.74. The first-order valence-electron chi connectivity index (χ1n) is 9.74. The van der Waals surface area contributed by atoms with Crippen LogP contribution in [0.3, 0.4) is 0 Å². The van der Waals surface area contributed by atoms with Crippen molar-refractivity contribution in [1.82, 2.24) is 14.5 Å². The maximum atomic E-state index is 5.98. The largest absolute Gasteiger partial charge is 0.493 e. The van der Waals surface area contributed by atoms with E-state index in [9.17, 15) is 0 Å². The molecule has 0 N–H and O–H groups in total. The Hall–Kier alpha value is -2.37. The monoisotopic (exact) mass is 365 g/mol. The minimum atomic E-state index is 0.703. The van der Waals surface area contributed by atoms with E-state index < -0.39 is 0 Å². The average Bonchev–Trinajstić information content (AvgIpc) is 3.04. The summed E-state index contributed by atoms with van der Waals surface area (Å²) in [6.45, 7) is 8.13. The molecular formula is C22H27N3O2. The number of fused-ring (bicyclic) bond motifs is 1. The van der Waals surface area contributed by atoms with Crippen molar-refractivity contribution in [2.75, 3.05) is 32.9 Å². The zero-order chi connectivity index (χ0) is 18.5. The zero-order valence-electron chi connectivity index (χ0n) is 15.9. The highest BCUT2D eigenvalue weighted by Crippen LogP contribution is 2.19. The van der Waals surface area contributed by atoms with E-state index >= 15 is 0 Å². The number of benzene rings is 2. The molecule has 1 fully saturated rings. The SMILES string of the molecule is Cc1ccccc1OCCCn1c(CN2CCOCC2)nc2ccccc21. The van der Waals surface area contributed by atoms with Gasteiger partial charge >= 0.3 is 0 Å². The summed E-state index contributed by atoms with van der Waals surface area (Å²) in [7, 11) is 0. The van der Waals surface area contributed by atoms with Gasteiger partial charge in [0.05, 0.1) is 37.4 Å². The molecule has 1 aliphatic rings. The van der Waals surface area contributed by atoms with Gasteiger partial charge in [0.1, 0.15) is 11.6 Å². The van der Waals surface area contributed by atoms with Gasteiger partial charge in [-0.1, -0.05) is 30.3 Å². The van der Waals surface area contributed by atoms with Crippen LogP contribution in [0.25, 0.3) is 11.0 Å². The van der Waals surface area contributed by atoms with Gasteiger partial charge in [-0.3, -0.25) is 4.90 Å². The molecule has 0 amide bonds. The van der Waals surface area contributed by atoms with Crippen molar-refractivity contribution in [3.8, 4) is 5.75 Å². The molecule has 1 saturated heterocycles. The summed E-state index contributed by atoms with van der Waals surface area (Å²) in [5.41, 5.74) is 3.45. The molecule has 1 aromatic heterocycles. The molecule has 1 aliphatic heterocycles. The van der Waals surface area contributed by atoms with Crippen LogP contribution in [0.2, 0.25) is 0 Å². The number of aryl methyl sites for hydroxylation is 2. The lowest BCUT2D eigenvalue weighted by Gasteiger charge is -2.26. The second-order valence-corrected chi connectivity index (χ2v) is 7.02. The maximum absolute atomic E-state index is 5.98. The topological polar surface area (TPSA) is 39.5 Å². The number of nitrogens with zero attached hydrogens (tertiary/aromatic N) is 3. The molecule has 0 atom stereocenters. The van der Waals surface area contributed by atoms with Crippen molar-refractivity contribution in [2.45, 2.75) is 26.4 Å². The normalized spacial score (nSPS) is 15.3. The first-order chi connectivity index (χ1) is 13.3. The molecule has 0 aliphatic carbocycles. The summed E-state index contributed by atoms with van der Waals surface area (Å²) < 4.78 is 13.8. The third kappa shape index (κ3) is 4.31. The lowest BCUT2D eigenvalue weighted by atomic mass is 10.2. The number of hydrogen-bond donors (Lipinski definition) is 0. The molecule has 5 heteroatoms. The Balaban J connectivity index is 1.44. The van der Waals surface area contributed by atoms with Crippen molar-refractivity contribution in [3.05, 3.63) is 59.9 Å². The van der Waals surface area contributed by atoms with Crippen molar-refractivity contribution in [1.29, 1.82) is 0 Å². The molecule has 27 heavy (non-hydrogen) atoms. The third-order valence-corrected chi connectivity index (χ3v) is 5.08. The Labute approximate surface area is 160 Å². The van der Waals surface area contributed by atoms with Gasteiger partial charge in [0, 0.05) is 19.6 Å². The summed E-state index contributed by atoms with van der Waals surface area (Å²) in [5, 5.41) is 0. The van der Waals surface area contributed by atoms with Crippen LogP contribution >= 0.6 is 0 Å². The van der Waals surface area contributed by atoms with Crippen LogP contribution in [0, 0.1) is 6.92 Å². The van der Waals surface area contributed by atoms with Gasteiger partial charge in [-0.2, -0.15) is 0 Å². The summed E-state index contributed by atoms with van der Waals surface area (Å²) >= 11 is 0. The average molecular weight is 365 g/mol. The number of hydrogen-bond acceptors (Lipinski definition) is 4. The minimum Gasteiger partial charge on any atom is -0.493 e. The lowest BCUT2D eigenvalue weighted by molar-refractivity contribution is 0.0326. The van der Waals surface area contributed by atoms with Crippen LogP contribution in [0.15, 0.2) is 48.5 Å². The highest BCUT2D eigenvalue weighted by atomic mass is 16.5. The van der Waals surface area contributed by atoms with Gasteiger partial charge in [0.15, 0.2) is 0 Å². The molecule has 2 aromatic carbocycles. The lowest BCUT2D eigenvalue weighted by Crippen LogP contribution is -2.36. The highest BCUT2D eigenvalue weighted by molar-refractivity contribution is 5.75. The van der Waals surface area contributed by atoms with Gasteiger partial charge in [0.2, 0.25) is 0 Å². The summed E-state index contributed by atoms with van der Waals surface area (Å²) in [6.07, 6.45) is 0.949. The van der Waals surface area contributed by atoms with E-state index in [1.807, 2.05) is 18.2 Å². The van der Waals surface area contributed by atoms with E-state index in [1.165, 1.54) is 11.1 Å². The van der Waals surface area contributed by atoms with Crippen molar-refractivity contribution in [2.24, 2.45) is 0 Å². The third-order valence-electron chi connectivity index (χ3n) is 5.08. The van der Waals surface area contributed by atoms with E-state index in [-0.39, 0.29) is 0 Å². The van der Waals surface area contributed by atoms with Crippen LogP contribution < -0.4 is 4.74 Å². The standard InChI is InChI=1S/C22H27N3O2/c1-18-7-2-5-10-21(18)27-14-6-11-25-20-9-4-3-8-19(20)23-22(25)17-24-12-15-26-16-13-24/h2-5,7-10H,6,11-17H2,1H3. The molecule has 3 aromatic rings. The van der Waals surface area contributed by atoms with E-state index in [1.54, 1.807) is 0 Å². The minimum absolute atomic E-state index is 0.703. The second-order valence-electron chi connectivity index (χ2n) is 7.02. The molecule has 0 saturated carbocycles. The van der Waals surface area contributed by atoms with E-state index in [0.717, 1.165) is 62.9 Å². The van der Waals surface area contributed by atoms with E-state index in [4.69, 9.17) is 14.5 Å². The number of ether oxygens (including phenoxy) is 2. The maximum Gasteiger partial charge on any atom is 0.124 e. The second kappa shape index (κ2) is 8.55. The summed E-state index contributed by atoms with van der Waals surface area (Å²) in [5.74, 6) is 2.11. The number of morpholine rings is 1. The smallest absolute Gasteiger partial charge is 0.124 e. The van der Waals surface area contributed by atoms with Crippen LogP contribution in [-0.4, -0.2) is 47.4 Å². The Kier molecular flexibility index (Phi) is 5.70. The Morgan fingerprint density at radius 1 is 1.04 bits per heavy atom. The van der Waals surface area contributed by atoms with Crippen molar-refractivity contribution in [3.63, 3.8) is 0 Å². The van der Waals surface area contributed by atoms with Crippen molar-refractivity contribution < 1.29 is 9.47 Å². The Morgan fingerprint density at radius 2 is 1.81 bits per heavy atom. The fourth-order valence-electron chi connectivity index (χ4n) is 3.58. The fourth-order valence-corrected chi connectivity index (χ4v) is 3.58. The molecule has 5 nitrogen and oxygen atoms in total. The molecule has 2 heterocycles. The molecular weight excluding hydrogens is 338 g/mol. The van der Waals surface area contributed by atoms with E-state index in [2.05, 4.69) is 46.7 Å². The molecule has 0 spiro atoms. The molecule has 0 radical (unpaired) electrons. The molecule has 4 rings (SSSR count). The van der Waals surface area contributed by atoms with Gasteiger partial charge in [-0.15, -0.1) is 0 Å². The van der Waals surface area contributed by atoms with Crippen LogP contribution in [0.5, 0.6) is 5.75 Å². The molecule has 0 unspecified atom stereocenters. The molecule has 0 bridgehead atoms. The number of aromatic nitrogens is 2. The van der Waals surface area contributed by atoms with Crippen LogP contribution in [-0.2, 0) is 17.8 Å². The number of para-hydroxylation sites is 3. The fraction of sp³-hybridized carbons (Fsp3) is 0.409. The number of rotatable bonds is 7. The molecule has 142 valence electrons. The van der Waals surface area contributed by atoms with Gasteiger partial charge in [-0.05, 0) is 37.1 Å². The quantitative estimate of drug-likeness (QED) is 0.599. The highest BCUT2D eigenvalue weighted by Gasteiger charge is 2.16. The Bertz CT molecular complexity index is 884. The zero-order valence-corrected chi connectivity index (χ0v) is 15.9. The summed E-state index contributed by atoms with van der Waals surface area (Å²) in [4.78, 5) is 7.32.